The molecule has 0 saturated carbocycles. The molecule has 5 heteroatoms. The third kappa shape index (κ3) is 3.58. The molecular weight excluding hydrogens is 350 g/mol. The lowest BCUT2D eigenvalue weighted by molar-refractivity contribution is 0.355. The molecule has 130 valence electrons. The number of rotatable bonds is 5. The normalized spacial score (nSPS) is 11.1. The molecule has 0 spiro atoms. The first-order valence-corrected chi connectivity index (χ1v) is 8.23. The van der Waals surface area contributed by atoms with E-state index in [0.717, 1.165) is 5.56 Å². The van der Waals surface area contributed by atoms with E-state index < -0.39 is 0 Å². The standard InChI is InChI=1S/C21H16ClNO3/c1-24-20-9-7-14(12-21(20)25-2)15(13-23)11-16-8-10-19(26-16)17-5-3-4-6-18(17)22/h3-12H,1-2H3. The van der Waals surface area contributed by atoms with Gasteiger partial charge in [-0.25, -0.2) is 0 Å². The average molecular weight is 366 g/mol. The Morgan fingerprint density at radius 1 is 1.04 bits per heavy atom. The first-order chi connectivity index (χ1) is 12.7. The molecule has 0 fully saturated rings. The summed E-state index contributed by atoms with van der Waals surface area (Å²) < 4.78 is 16.4. The fourth-order valence-corrected chi connectivity index (χ4v) is 2.79. The van der Waals surface area contributed by atoms with E-state index >= 15 is 0 Å². The molecule has 0 aliphatic carbocycles. The number of hydrogen-bond acceptors (Lipinski definition) is 4. The molecule has 3 aromatic rings. The highest BCUT2D eigenvalue weighted by Crippen LogP contribution is 2.32. The number of hydrogen-bond donors (Lipinski definition) is 0. The van der Waals surface area contributed by atoms with Crippen LogP contribution in [0.1, 0.15) is 11.3 Å². The summed E-state index contributed by atoms with van der Waals surface area (Å²) in [5.41, 5.74) is 1.96. The van der Waals surface area contributed by atoms with Crippen molar-refractivity contribution in [1.29, 1.82) is 5.26 Å². The topological polar surface area (TPSA) is 55.4 Å². The van der Waals surface area contributed by atoms with Crippen molar-refractivity contribution in [1.82, 2.24) is 0 Å². The highest BCUT2D eigenvalue weighted by molar-refractivity contribution is 6.33. The Morgan fingerprint density at radius 3 is 2.50 bits per heavy atom. The van der Waals surface area contributed by atoms with Crippen LogP contribution in [-0.4, -0.2) is 14.2 Å². The fraction of sp³-hybridized carbons (Fsp3) is 0.0952. The van der Waals surface area contributed by atoms with E-state index in [1.54, 1.807) is 50.6 Å². The molecule has 0 atom stereocenters. The zero-order valence-corrected chi connectivity index (χ0v) is 15.1. The minimum Gasteiger partial charge on any atom is -0.493 e. The van der Waals surface area contributed by atoms with E-state index in [1.807, 2.05) is 24.3 Å². The summed E-state index contributed by atoms with van der Waals surface area (Å²) in [6, 6.07) is 18.6. The summed E-state index contributed by atoms with van der Waals surface area (Å²) in [6.45, 7) is 0. The molecule has 0 saturated heterocycles. The molecular formula is C21H16ClNO3. The second kappa shape index (κ2) is 7.81. The molecule has 0 unspecified atom stereocenters. The van der Waals surface area contributed by atoms with Gasteiger partial charge in [0.1, 0.15) is 11.5 Å². The van der Waals surface area contributed by atoms with Gasteiger partial charge in [0, 0.05) is 5.56 Å². The van der Waals surface area contributed by atoms with Crippen molar-refractivity contribution in [2.75, 3.05) is 14.2 Å². The Hall–Kier alpha value is -3.16. The molecule has 1 aromatic heterocycles. The van der Waals surface area contributed by atoms with Crippen molar-refractivity contribution in [3.8, 4) is 28.9 Å². The molecule has 4 nitrogen and oxygen atoms in total. The Morgan fingerprint density at radius 2 is 1.81 bits per heavy atom. The van der Waals surface area contributed by atoms with E-state index in [9.17, 15) is 5.26 Å². The summed E-state index contributed by atoms with van der Waals surface area (Å²) in [5, 5.41) is 10.2. The first kappa shape index (κ1) is 17.7. The maximum atomic E-state index is 9.55. The number of allylic oxidation sites excluding steroid dienone is 1. The maximum absolute atomic E-state index is 9.55. The van der Waals surface area contributed by atoms with Crippen LogP contribution in [0.5, 0.6) is 11.5 Å². The summed E-state index contributed by atoms with van der Waals surface area (Å²) in [5.74, 6) is 2.37. The van der Waals surface area contributed by atoms with Gasteiger partial charge < -0.3 is 13.9 Å². The summed E-state index contributed by atoms with van der Waals surface area (Å²) in [6.07, 6.45) is 1.68. The lowest BCUT2D eigenvalue weighted by Crippen LogP contribution is -1.92. The number of nitriles is 1. The Balaban J connectivity index is 1.96. The summed E-state index contributed by atoms with van der Waals surface area (Å²) in [7, 11) is 3.12. The minimum atomic E-state index is 0.450. The van der Waals surface area contributed by atoms with Gasteiger partial charge in [-0.3, -0.25) is 0 Å². The van der Waals surface area contributed by atoms with Gasteiger partial charge in [0.2, 0.25) is 0 Å². The number of benzene rings is 2. The molecule has 0 amide bonds. The van der Waals surface area contributed by atoms with Crippen LogP contribution < -0.4 is 9.47 Å². The Labute approximate surface area is 156 Å². The number of ether oxygens (including phenoxy) is 2. The average Bonchev–Trinajstić information content (AvgIpc) is 3.14. The highest BCUT2D eigenvalue weighted by atomic mass is 35.5. The summed E-state index contributed by atoms with van der Waals surface area (Å²) in [4.78, 5) is 0. The van der Waals surface area contributed by atoms with Gasteiger partial charge in [-0.15, -0.1) is 0 Å². The van der Waals surface area contributed by atoms with Gasteiger partial charge >= 0.3 is 0 Å². The van der Waals surface area contributed by atoms with Crippen LogP contribution in [0.3, 0.4) is 0 Å². The summed E-state index contributed by atoms with van der Waals surface area (Å²) >= 11 is 6.21. The smallest absolute Gasteiger partial charge is 0.161 e. The lowest BCUT2D eigenvalue weighted by Gasteiger charge is -2.08. The lowest BCUT2D eigenvalue weighted by atomic mass is 10.1. The molecule has 0 bridgehead atoms. The second-order valence-corrected chi connectivity index (χ2v) is 5.83. The Bertz CT molecular complexity index is 998. The quantitative estimate of drug-likeness (QED) is 0.546. The van der Waals surface area contributed by atoms with Crippen LogP contribution in [0.2, 0.25) is 5.02 Å². The van der Waals surface area contributed by atoms with Crippen LogP contribution in [0.4, 0.5) is 0 Å². The first-order valence-electron chi connectivity index (χ1n) is 7.85. The molecule has 0 radical (unpaired) electrons. The molecule has 1 heterocycles. The third-order valence-corrected chi connectivity index (χ3v) is 4.20. The van der Waals surface area contributed by atoms with Crippen LogP contribution >= 0.6 is 11.6 Å². The minimum absolute atomic E-state index is 0.450. The number of furan rings is 1. The van der Waals surface area contributed by atoms with Gasteiger partial charge in [0.05, 0.1) is 30.9 Å². The zero-order chi connectivity index (χ0) is 18.5. The Kier molecular flexibility index (Phi) is 5.31. The van der Waals surface area contributed by atoms with E-state index in [0.29, 0.717) is 39.2 Å². The molecule has 0 N–H and O–H groups in total. The molecule has 26 heavy (non-hydrogen) atoms. The van der Waals surface area contributed by atoms with E-state index in [-0.39, 0.29) is 0 Å². The van der Waals surface area contributed by atoms with Crippen LogP contribution in [0.15, 0.2) is 59.0 Å². The van der Waals surface area contributed by atoms with E-state index in [1.165, 1.54) is 0 Å². The third-order valence-electron chi connectivity index (χ3n) is 3.87. The predicted molar refractivity (Wildman–Crippen MR) is 102 cm³/mol. The maximum Gasteiger partial charge on any atom is 0.161 e. The molecule has 3 rings (SSSR count). The predicted octanol–water partition coefficient (Wildman–Crippen LogP) is 5.68. The van der Waals surface area contributed by atoms with Gasteiger partial charge in [-0.2, -0.15) is 5.26 Å². The zero-order valence-electron chi connectivity index (χ0n) is 14.3. The fourth-order valence-electron chi connectivity index (χ4n) is 2.56. The van der Waals surface area contributed by atoms with Crippen molar-refractivity contribution in [2.24, 2.45) is 0 Å². The van der Waals surface area contributed by atoms with Crippen LogP contribution in [-0.2, 0) is 0 Å². The number of halogens is 1. The van der Waals surface area contributed by atoms with Crippen LogP contribution in [0, 0.1) is 11.3 Å². The molecule has 0 aliphatic heterocycles. The number of nitrogens with zero attached hydrogens (tertiary/aromatic N) is 1. The second-order valence-electron chi connectivity index (χ2n) is 5.42. The monoisotopic (exact) mass is 365 g/mol. The van der Waals surface area contributed by atoms with Gasteiger partial charge in [0.15, 0.2) is 11.5 Å². The van der Waals surface area contributed by atoms with Crippen molar-refractivity contribution >= 4 is 23.3 Å². The van der Waals surface area contributed by atoms with E-state index in [4.69, 9.17) is 25.5 Å². The molecule has 0 aliphatic rings. The molecule has 2 aromatic carbocycles. The number of methoxy groups -OCH3 is 2. The largest absolute Gasteiger partial charge is 0.493 e. The highest BCUT2D eigenvalue weighted by Gasteiger charge is 2.11. The van der Waals surface area contributed by atoms with Gasteiger partial charge in [0.25, 0.3) is 0 Å². The van der Waals surface area contributed by atoms with E-state index in [2.05, 4.69) is 6.07 Å². The van der Waals surface area contributed by atoms with Crippen LogP contribution in [0.25, 0.3) is 23.0 Å². The van der Waals surface area contributed by atoms with Crippen molar-refractivity contribution in [3.05, 3.63) is 70.9 Å². The SMILES string of the molecule is COc1ccc(C(C#N)=Cc2ccc(-c3ccccc3Cl)o2)cc1OC. The van der Waals surface area contributed by atoms with Crippen molar-refractivity contribution in [3.63, 3.8) is 0 Å². The van der Waals surface area contributed by atoms with Crippen molar-refractivity contribution in [2.45, 2.75) is 0 Å². The van der Waals surface area contributed by atoms with Gasteiger partial charge in [-0.05, 0) is 54.1 Å². The van der Waals surface area contributed by atoms with Gasteiger partial charge in [-0.1, -0.05) is 23.7 Å². The van der Waals surface area contributed by atoms with Crippen molar-refractivity contribution < 1.29 is 13.9 Å².